The summed E-state index contributed by atoms with van der Waals surface area (Å²) in [7, 11) is 0. The summed E-state index contributed by atoms with van der Waals surface area (Å²) >= 11 is 5.96. The highest BCUT2D eigenvalue weighted by atomic mass is 35.5. The summed E-state index contributed by atoms with van der Waals surface area (Å²) in [5.41, 5.74) is 4.00. The second-order valence-corrected chi connectivity index (χ2v) is 7.15. The lowest BCUT2D eigenvalue weighted by Crippen LogP contribution is -2.45. The SMILES string of the molecule is Cc1nccc(CN2C(=O)c3cc(-c4nc(Cl)ncc4C)cn3C[C@@H]2C)n1. The van der Waals surface area contributed by atoms with Gasteiger partial charge in [-0.2, -0.15) is 0 Å². The van der Waals surface area contributed by atoms with Gasteiger partial charge in [0.2, 0.25) is 5.28 Å². The molecule has 0 bridgehead atoms. The molecule has 0 fully saturated rings. The maximum atomic E-state index is 13.1. The molecular formula is C19H19ClN6O. The summed E-state index contributed by atoms with van der Waals surface area (Å²) in [6.45, 7) is 6.99. The van der Waals surface area contributed by atoms with Gasteiger partial charge in [-0.25, -0.2) is 19.9 Å². The molecule has 1 aliphatic rings. The van der Waals surface area contributed by atoms with E-state index < -0.39 is 0 Å². The fourth-order valence-corrected chi connectivity index (χ4v) is 3.54. The maximum Gasteiger partial charge on any atom is 0.271 e. The van der Waals surface area contributed by atoms with Crippen molar-refractivity contribution in [1.29, 1.82) is 0 Å². The van der Waals surface area contributed by atoms with Crippen LogP contribution in [0, 0.1) is 13.8 Å². The normalized spacial score (nSPS) is 16.5. The first-order valence-electron chi connectivity index (χ1n) is 8.71. The van der Waals surface area contributed by atoms with Crippen LogP contribution in [-0.2, 0) is 13.1 Å². The van der Waals surface area contributed by atoms with Crippen LogP contribution in [0.4, 0.5) is 0 Å². The first-order chi connectivity index (χ1) is 12.9. The fourth-order valence-electron chi connectivity index (χ4n) is 3.41. The molecule has 0 saturated heterocycles. The van der Waals surface area contributed by atoms with E-state index in [4.69, 9.17) is 11.6 Å². The summed E-state index contributed by atoms with van der Waals surface area (Å²) < 4.78 is 1.99. The molecular weight excluding hydrogens is 364 g/mol. The van der Waals surface area contributed by atoms with Crippen LogP contribution in [0.2, 0.25) is 5.28 Å². The van der Waals surface area contributed by atoms with E-state index >= 15 is 0 Å². The smallest absolute Gasteiger partial charge is 0.271 e. The number of hydrogen-bond donors (Lipinski definition) is 0. The zero-order valence-corrected chi connectivity index (χ0v) is 16.1. The molecule has 0 aliphatic carbocycles. The van der Waals surface area contributed by atoms with E-state index in [9.17, 15) is 4.79 Å². The van der Waals surface area contributed by atoms with E-state index in [2.05, 4.69) is 19.9 Å². The largest absolute Gasteiger partial charge is 0.341 e. The van der Waals surface area contributed by atoms with Gasteiger partial charge in [-0.05, 0) is 50.1 Å². The molecule has 3 aromatic heterocycles. The lowest BCUT2D eigenvalue weighted by atomic mass is 10.1. The van der Waals surface area contributed by atoms with E-state index in [-0.39, 0.29) is 17.2 Å². The number of nitrogens with zero attached hydrogens (tertiary/aromatic N) is 6. The summed E-state index contributed by atoms with van der Waals surface area (Å²) in [4.78, 5) is 31.8. The predicted molar refractivity (Wildman–Crippen MR) is 101 cm³/mol. The van der Waals surface area contributed by atoms with E-state index in [1.807, 2.05) is 48.6 Å². The highest BCUT2D eigenvalue weighted by molar-refractivity contribution is 6.28. The minimum Gasteiger partial charge on any atom is -0.341 e. The van der Waals surface area contributed by atoms with Crippen molar-refractivity contribution < 1.29 is 4.79 Å². The van der Waals surface area contributed by atoms with E-state index in [1.54, 1.807) is 12.4 Å². The van der Waals surface area contributed by atoms with Crippen LogP contribution in [0.5, 0.6) is 0 Å². The standard InChI is InChI=1S/C19H19ClN6O/c1-11-7-22-19(20)24-17(11)14-6-16-18(27)26(12(2)8-25(16)9-14)10-15-4-5-21-13(3)23-15/h4-7,9,12H,8,10H2,1-3H3/t12-/m0/s1. The second-order valence-electron chi connectivity index (χ2n) is 6.81. The highest BCUT2D eigenvalue weighted by Gasteiger charge is 2.31. The summed E-state index contributed by atoms with van der Waals surface area (Å²) in [6.07, 6.45) is 5.37. The molecule has 0 saturated carbocycles. The zero-order valence-electron chi connectivity index (χ0n) is 15.3. The van der Waals surface area contributed by atoms with Crippen LogP contribution >= 0.6 is 11.6 Å². The van der Waals surface area contributed by atoms with Gasteiger partial charge in [0.25, 0.3) is 5.91 Å². The average Bonchev–Trinajstić information content (AvgIpc) is 3.04. The Bertz CT molecular complexity index is 1030. The number of carbonyl (C=O) groups excluding carboxylic acids is 1. The molecule has 0 radical (unpaired) electrons. The first kappa shape index (κ1) is 17.6. The second kappa shape index (κ2) is 6.74. The van der Waals surface area contributed by atoms with Gasteiger partial charge in [0.15, 0.2) is 0 Å². The number of halogens is 1. The zero-order chi connectivity index (χ0) is 19.1. The molecule has 7 nitrogen and oxygen atoms in total. The Morgan fingerprint density at radius 3 is 2.85 bits per heavy atom. The molecule has 0 aromatic carbocycles. The van der Waals surface area contributed by atoms with Gasteiger partial charge in [-0.1, -0.05) is 0 Å². The van der Waals surface area contributed by atoms with E-state index in [0.29, 0.717) is 24.6 Å². The van der Waals surface area contributed by atoms with Crippen molar-refractivity contribution in [1.82, 2.24) is 29.4 Å². The highest BCUT2D eigenvalue weighted by Crippen LogP contribution is 2.28. The molecule has 138 valence electrons. The summed E-state index contributed by atoms with van der Waals surface area (Å²) in [5.74, 6) is 0.681. The summed E-state index contributed by atoms with van der Waals surface area (Å²) in [5, 5.41) is 0.195. The van der Waals surface area contributed by atoms with Crippen LogP contribution in [-0.4, -0.2) is 41.4 Å². The number of carbonyl (C=O) groups is 1. The van der Waals surface area contributed by atoms with Crippen molar-refractivity contribution in [2.24, 2.45) is 0 Å². The number of amides is 1. The van der Waals surface area contributed by atoms with Gasteiger partial charge in [0, 0.05) is 36.7 Å². The molecule has 1 amide bonds. The molecule has 1 aliphatic heterocycles. The van der Waals surface area contributed by atoms with Crippen molar-refractivity contribution >= 4 is 17.5 Å². The topological polar surface area (TPSA) is 76.8 Å². The van der Waals surface area contributed by atoms with Crippen molar-refractivity contribution in [3.8, 4) is 11.3 Å². The van der Waals surface area contributed by atoms with Crippen molar-refractivity contribution in [3.05, 3.63) is 58.8 Å². The van der Waals surface area contributed by atoms with Gasteiger partial charge in [0.1, 0.15) is 11.5 Å². The van der Waals surface area contributed by atoms with Gasteiger partial charge in [0.05, 0.1) is 17.9 Å². The van der Waals surface area contributed by atoms with Gasteiger partial charge < -0.3 is 9.47 Å². The quantitative estimate of drug-likeness (QED) is 0.650. The Balaban J connectivity index is 1.67. The Morgan fingerprint density at radius 1 is 1.26 bits per heavy atom. The predicted octanol–water partition coefficient (Wildman–Crippen LogP) is 3.05. The molecule has 0 spiro atoms. The summed E-state index contributed by atoms with van der Waals surface area (Å²) in [6, 6.07) is 3.77. The van der Waals surface area contributed by atoms with Crippen LogP contribution in [0.15, 0.2) is 30.7 Å². The Kier molecular flexibility index (Phi) is 4.39. The Hall–Kier alpha value is -2.80. The van der Waals surface area contributed by atoms with Crippen LogP contribution < -0.4 is 0 Å². The monoisotopic (exact) mass is 382 g/mol. The molecule has 1 atom stereocenters. The number of hydrogen-bond acceptors (Lipinski definition) is 5. The molecule has 4 rings (SSSR count). The van der Waals surface area contributed by atoms with Gasteiger partial charge >= 0.3 is 0 Å². The van der Waals surface area contributed by atoms with E-state index in [0.717, 1.165) is 22.5 Å². The first-order valence-corrected chi connectivity index (χ1v) is 9.09. The van der Waals surface area contributed by atoms with Crippen LogP contribution in [0.3, 0.4) is 0 Å². The Labute approximate surface area is 162 Å². The van der Waals surface area contributed by atoms with Gasteiger partial charge in [-0.3, -0.25) is 4.79 Å². The maximum absolute atomic E-state index is 13.1. The molecule has 8 heteroatoms. The lowest BCUT2D eigenvalue weighted by molar-refractivity contribution is 0.0592. The van der Waals surface area contributed by atoms with E-state index in [1.165, 1.54) is 0 Å². The average molecular weight is 383 g/mol. The number of aryl methyl sites for hydroxylation is 2. The Morgan fingerprint density at radius 2 is 2.07 bits per heavy atom. The number of fused-ring (bicyclic) bond motifs is 1. The third kappa shape index (κ3) is 3.30. The number of aromatic nitrogens is 5. The molecule has 0 unspecified atom stereocenters. The minimum atomic E-state index is -0.0194. The van der Waals surface area contributed by atoms with Gasteiger partial charge in [-0.15, -0.1) is 0 Å². The fraction of sp³-hybridized carbons (Fsp3) is 0.316. The van der Waals surface area contributed by atoms with Crippen molar-refractivity contribution in [2.45, 2.75) is 39.9 Å². The molecule has 4 heterocycles. The lowest BCUT2D eigenvalue weighted by Gasteiger charge is -2.34. The van der Waals surface area contributed by atoms with Crippen molar-refractivity contribution in [3.63, 3.8) is 0 Å². The minimum absolute atomic E-state index is 0.0194. The van der Waals surface area contributed by atoms with Crippen LogP contribution in [0.25, 0.3) is 11.3 Å². The van der Waals surface area contributed by atoms with Crippen molar-refractivity contribution in [2.75, 3.05) is 0 Å². The molecule has 27 heavy (non-hydrogen) atoms. The third-order valence-corrected chi connectivity index (χ3v) is 4.93. The third-order valence-electron chi connectivity index (χ3n) is 4.75. The molecule has 0 N–H and O–H groups in total. The molecule has 3 aromatic rings. The van der Waals surface area contributed by atoms with Crippen LogP contribution in [0.1, 0.15) is 34.5 Å². The number of rotatable bonds is 3.